The fourth-order valence-corrected chi connectivity index (χ4v) is 4.18. The molecule has 0 bridgehead atoms. The van der Waals surface area contributed by atoms with Gasteiger partial charge in [-0.2, -0.15) is 21.9 Å². The van der Waals surface area contributed by atoms with Crippen LogP contribution in [0.5, 0.6) is 11.5 Å². The van der Waals surface area contributed by atoms with E-state index in [-0.39, 0.29) is 16.9 Å². The Balaban J connectivity index is 1.87. The summed E-state index contributed by atoms with van der Waals surface area (Å²) in [5, 5.41) is 13.8. The SMILES string of the molecule is COc1ccc(O)c(C(=O)c2cnn(S(=O)(=O)N3CCC(C)CC3)c2)c1. The number of ether oxygens (including phenoxy) is 1. The summed E-state index contributed by atoms with van der Waals surface area (Å²) in [6, 6.07) is 4.27. The monoisotopic (exact) mass is 379 g/mol. The summed E-state index contributed by atoms with van der Waals surface area (Å²) in [5.41, 5.74) is 0.0931. The zero-order valence-corrected chi connectivity index (χ0v) is 15.4. The molecular weight excluding hydrogens is 358 g/mol. The van der Waals surface area contributed by atoms with Crippen molar-refractivity contribution in [3.63, 3.8) is 0 Å². The maximum Gasteiger partial charge on any atom is 0.322 e. The van der Waals surface area contributed by atoms with E-state index in [9.17, 15) is 18.3 Å². The van der Waals surface area contributed by atoms with Crippen LogP contribution in [0.15, 0.2) is 30.6 Å². The van der Waals surface area contributed by atoms with Crippen molar-refractivity contribution in [2.75, 3.05) is 20.2 Å². The Bertz CT molecular complexity index is 914. The standard InChI is InChI=1S/C17H21N3O5S/c1-12-5-7-19(8-6-12)26(23,24)20-11-13(10-18-20)17(22)15-9-14(25-2)3-4-16(15)21/h3-4,9-12,21H,5-8H2,1-2H3. The maximum atomic E-state index is 12.7. The number of piperidine rings is 1. The molecule has 2 heterocycles. The Kier molecular flexibility index (Phi) is 5.01. The second-order valence-electron chi connectivity index (χ2n) is 6.40. The first-order valence-electron chi connectivity index (χ1n) is 8.30. The number of aromatic nitrogens is 2. The zero-order chi connectivity index (χ0) is 18.9. The van der Waals surface area contributed by atoms with Crippen molar-refractivity contribution in [1.29, 1.82) is 0 Å². The Morgan fingerprint density at radius 2 is 2.00 bits per heavy atom. The van der Waals surface area contributed by atoms with Crippen LogP contribution in [0.25, 0.3) is 0 Å². The molecule has 26 heavy (non-hydrogen) atoms. The lowest BCUT2D eigenvalue weighted by Gasteiger charge is -2.28. The molecule has 1 saturated heterocycles. The first kappa shape index (κ1) is 18.4. The highest BCUT2D eigenvalue weighted by molar-refractivity contribution is 7.87. The van der Waals surface area contributed by atoms with Crippen molar-refractivity contribution in [3.8, 4) is 11.5 Å². The van der Waals surface area contributed by atoms with Crippen LogP contribution in [0, 0.1) is 5.92 Å². The summed E-state index contributed by atoms with van der Waals surface area (Å²) >= 11 is 0. The van der Waals surface area contributed by atoms with Gasteiger partial charge in [0.05, 0.1) is 30.6 Å². The van der Waals surface area contributed by atoms with Gasteiger partial charge in [-0.05, 0) is 37.0 Å². The minimum Gasteiger partial charge on any atom is -0.507 e. The largest absolute Gasteiger partial charge is 0.507 e. The zero-order valence-electron chi connectivity index (χ0n) is 14.6. The third-order valence-corrected chi connectivity index (χ3v) is 6.27. The topological polar surface area (TPSA) is 102 Å². The van der Waals surface area contributed by atoms with E-state index < -0.39 is 16.0 Å². The highest BCUT2D eigenvalue weighted by atomic mass is 32.2. The Labute approximate surface area is 152 Å². The van der Waals surface area contributed by atoms with E-state index in [1.54, 1.807) is 0 Å². The minimum absolute atomic E-state index is 0.0214. The highest BCUT2D eigenvalue weighted by Gasteiger charge is 2.29. The molecule has 0 spiro atoms. The number of phenolic OH excluding ortho intramolecular Hbond substituents is 1. The molecule has 8 nitrogen and oxygen atoms in total. The van der Waals surface area contributed by atoms with E-state index in [0.717, 1.165) is 16.9 Å². The van der Waals surface area contributed by atoms with E-state index in [2.05, 4.69) is 12.0 Å². The number of benzene rings is 1. The average Bonchev–Trinajstić information content (AvgIpc) is 3.13. The molecule has 0 aliphatic carbocycles. The first-order valence-corrected chi connectivity index (χ1v) is 9.69. The van der Waals surface area contributed by atoms with Crippen LogP contribution in [0.1, 0.15) is 35.7 Å². The number of carbonyl (C=O) groups excluding carboxylic acids is 1. The van der Waals surface area contributed by atoms with Crippen molar-refractivity contribution in [1.82, 2.24) is 13.5 Å². The number of nitrogens with zero attached hydrogens (tertiary/aromatic N) is 3. The lowest BCUT2D eigenvalue weighted by molar-refractivity contribution is 0.103. The molecule has 140 valence electrons. The molecule has 0 unspecified atom stereocenters. The number of rotatable bonds is 5. The average molecular weight is 379 g/mol. The van der Waals surface area contributed by atoms with Gasteiger partial charge in [-0.1, -0.05) is 6.92 Å². The fourth-order valence-electron chi connectivity index (χ4n) is 2.86. The smallest absolute Gasteiger partial charge is 0.322 e. The van der Waals surface area contributed by atoms with Gasteiger partial charge in [-0.3, -0.25) is 4.79 Å². The van der Waals surface area contributed by atoms with E-state index in [1.807, 2.05) is 0 Å². The number of hydrogen-bond donors (Lipinski definition) is 1. The molecule has 9 heteroatoms. The normalized spacial score (nSPS) is 16.5. The van der Waals surface area contributed by atoms with Crippen LogP contribution in [0.3, 0.4) is 0 Å². The molecule has 3 rings (SSSR count). The maximum absolute atomic E-state index is 12.7. The van der Waals surface area contributed by atoms with Crippen LogP contribution in [-0.2, 0) is 10.2 Å². The summed E-state index contributed by atoms with van der Waals surface area (Å²) < 4.78 is 32.6. The van der Waals surface area contributed by atoms with E-state index in [4.69, 9.17) is 4.74 Å². The Hall–Kier alpha value is -2.39. The van der Waals surface area contributed by atoms with Crippen LogP contribution in [0.4, 0.5) is 0 Å². The van der Waals surface area contributed by atoms with Crippen LogP contribution >= 0.6 is 0 Å². The quantitative estimate of drug-likeness (QED) is 0.793. The van der Waals surface area contributed by atoms with Crippen LogP contribution in [-0.4, -0.2) is 53.0 Å². The van der Waals surface area contributed by atoms with Gasteiger partial charge in [0.1, 0.15) is 11.5 Å². The van der Waals surface area contributed by atoms with Gasteiger partial charge in [-0.25, -0.2) is 0 Å². The number of ketones is 1. The van der Waals surface area contributed by atoms with Crippen molar-refractivity contribution in [3.05, 3.63) is 41.7 Å². The molecule has 2 aromatic rings. The molecule has 1 aliphatic rings. The number of phenols is 1. The molecule has 0 radical (unpaired) electrons. The molecule has 0 amide bonds. The van der Waals surface area contributed by atoms with Crippen LogP contribution in [0.2, 0.25) is 0 Å². The number of hydrogen-bond acceptors (Lipinski definition) is 6. The summed E-state index contributed by atoms with van der Waals surface area (Å²) in [5.74, 6) is 0.160. The van der Waals surface area contributed by atoms with E-state index >= 15 is 0 Å². The number of methoxy groups -OCH3 is 1. The second-order valence-corrected chi connectivity index (χ2v) is 8.19. The van der Waals surface area contributed by atoms with Crippen molar-refractivity contribution >= 4 is 16.0 Å². The third kappa shape index (κ3) is 3.45. The summed E-state index contributed by atoms with van der Waals surface area (Å²) in [6.07, 6.45) is 3.95. The summed E-state index contributed by atoms with van der Waals surface area (Å²) in [6.45, 7) is 2.96. The molecule has 1 aromatic heterocycles. The Morgan fingerprint density at radius 3 is 2.65 bits per heavy atom. The van der Waals surface area contributed by atoms with Gasteiger partial charge in [0.2, 0.25) is 0 Å². The lowest BCUT2D eigenvalue weighted by atomic mass is 10.0. The second kappa shape index (κ2) is 7.08. The van der Waals surface area contributed by atoms with Gasteiger partial charge >= 0.3 is 10.2 Å². The van der Waals surface area contributed by atoms with Crippen LogP contribution < -0.4 is 4.74 Å². The minimum atomic E-state index is -3.80. The number of aromatic hydroxyl groups is 1. The molecule has 1 N–H and O–H groups in total. The predicted molar refractivity (Wildman–Crippen MR) is 94.6 cm³/mol. The van der Waals surface area contributed by atoms with Gasteiger partial charge in [0, 0.05) is 13.1 Å². The van der Waals surface area contributed by atoms with Gasteiger partial charge in [0.25, 0.3) is 0 Å². The van der Waals surface area contributed by atoms with E-state index in [0.29, 0.717) is 24.8 Å². The molecule has 0 saturated carbocycles. The van der Waals surface area contributed by atoms with Crippen molar-refractivity contribution in [2.24, 2.45) is 5.92 Å². The summed E-state index contributed by atoms with van der Waals surface area (Å²) in [7, 11) is -2.35. The highest BCUT2D eigenvalue weighted by Crippen LogP contribution is 2.26. The molecular formula is C17H21N3O5S. The molecule has 1 aromatic carbocycles. The number of carbonyl (C=O) groups is 1. The van der Waals surface area contributed by atoms with Gasteiger partial charge in [0.15, 0.2) is 5.78 Å². The third-order valence-electron chi connectivity index (χ3n) is 4.58. The Morgan fingerprint density at radius 1 is 1.31 bits per heavy atom. The van der Waals surface area contributed by atoms with E-state index in [1.165, 1.54) is 42.0 Å². The van der Waals surface area contributed by atoms with Gasteiger partial charge in [-0.15, -0.1) is 0 Å². The van der Waals surface area contributed by atoms with Crippen molar-refractivity contribution < 1.29 is 23.1 Å². The molecule has 1 fully saturated rings. The van der Waals surface area contributed by atoms with Gasteiger partial charge < -0.3 is 9.84 Å². The summed E-state index contributed by atoms with van der Waals surface area (Å²) in [4.78, 5) is 12.6. The predicted octanol–water partition coefficient (Wildman–Crippen LogP) is 1.65. The lowest BCUT2D eigenvalue weighted by Crippen LogP contribution is -2.41. The first-order chi connectivity index (χ1) is 12.3. The molecule has 1 aliphatic heterocycles. The van der Waals surface area contributed by atoms with Crippen molar-refractivity contribution in [2.45, 2.75) is 19.8 Å². The fraction of sp³-hybridized carbons (Fsp3) is 0.412. The molecule has 0 atom stereocenters.